The van der Waals surface area contributed by atoms with E-state index in [-0.39, 0.29) is 40.1 Å². The molecule has 2 aliphatic rings. The Hall–Kier alpha value is -3.39. The van der Waals surface area contributed by atoms with Crippen molar-refractivity contribution >= 4 is 21.5 Å². The number of fused-ring (bicyclic) bond motifs is 1. The minimum absolute atomic E-state index is 0.0649. The van der Waals surface area contributed by atoms with E-state index in [1.165, 1.54) is 0 Å². The van der Waals surface area contributed by atoms with Gasteiger partial charge in [-0.15, -0.1) is 0 Å². The molecule has 1 atom stereocenters. The molecule has 1 fully saturated rings. The van der Waals surface area contributed by atoms with E-state index in [9.17, 15) is 23.1 Å². The van der Waals surface area contributed by atoms with Crippen LogP contribution >= 0.6 is 0 Å². The summed E-state index contributed by atoms with van der Waals surface area (Å²) in [4.78, 5) is 26.0. The molecule has 2 aliphatic carbocycles. The van der Waals surface area contributed by atoms with Crippen molar-refractivity contribution < 1.29 is 22.7 Å². The molecule has 8 heteroatoms. The van der Waals surface area contributed by atoms with Gasteiger partial charge in [0.05, 0.1) is 16.9 Å². The monoisotopic (exact) mass is 521 g/mol. The highest BCUT2D eigenvalue weighted by molar-refractivity contribution is 7.92. The third kappa shape index (κ3) is 5.80. The van der Waals surface area contributed by atoms with E-state index in [1.807, 2.05) is 36.4 Å². The van der Waals surface area contributed by atoms with Crippen LogP contribution in [0.25, 0.3) is 0 Å². The summed E-state index contributed by atoms with van der Waals surface area (Å²) in [7, 11) is -3.61. The lowest BCUT2D eigenvalue weighted by Gasteiger charge is -2.21. The molecule has 1 aromatic heterocycles. The van der Waals surface area contributed by atoms with Gasteiger partial charge < -0.3 is 9.52 Å². The van der Waals surface area contributed by atoms with Crippen molar-refractivity contribution in [2.75, 3.05) is 10.5 Å². The second kappa shape index (κ2) is 10.5. The molecule has 3 aromatic rings. The zero-order valence-electron chi connectivity index (χ0n) is 20.6. The Kier molecular flexibility index (Phi) is 7.20. The number of Topliss-reactive ketones (excluding diaryl/α,β-unsaturated/α-hetero) is 1. The van der Waals surface area contributed by atoms with Crippen molar-refractivity contribution in [2.24, 2.45) is 5.92 Å². The van der Waals surface area contributed by atoms with Crippen LogP contribution in [-0.2, 0) is 22.9 Å². The Labute approximate surface area is 216 Å². The first-order chi connectivity index (χ1) is 17.8. The third-order valence-electron chi connectivity index (χ3n) is 7.22. The SMILES string of the molecule is O=C1CCCCCc2oc(=O)c(C(c3cccc(NS(=O)(=O)CCc4ccccc4)c3)C3CC3)c(O)c21. The first-order valence-electron chi connectivity index (χ1n) is 12.9. The highest BCUT2D eigenvalue weighted by Crippen LogP contribution is 2.49. The highest BCUT2D eigenvalue weighted by Gasteiger charge is 2.39. The summed E-state index contributed by atoms with van der Waals surface area (Å²) in [5.41, 5.74) is 1.63. The first-order valence-corrected chi connectivity index (χ1v) is 14.5. The van der Waals surface area contributed by atoms with Gasteiger partial charge in [-0.2, -0.15) is 0 Å². The van der Waals surface area contributed by atoms with Crippen LogP contribution in [0, 0.1) is 5.92 Å². The van der Waals surface area contributed by atoms with Crippen molar-refractivity contribution in [3.8, 4) is 5.75 Å². The number of aromatic hydroxyl groups is 1. The van der Waals surface area contributed by atoms with Crippen molar-refractivity contribution in [3.05, 3.63) is 93.0 Å². The van der Waals surface area contributed by atoms with E-state index in [2.05, 4.69) is 4.72 Å². The number of rotatable bonds is 8. The predicted molar refractivity (Wildman–Crippen MR) is 142 cm³/mol. The maximum atomic E-state index is 13.1. The Morgan fingerprint density at radius 3 is 2.49 bits per heavy atom. The average molecular weight is 522 g/mol. The Bertz CT molecular complexity index is 1460. The topological polar surface area (TPSA) is 114 Å². The van der Waals surface area contributed by atoms with E-state index >= 15 is 0 Å². The highest BCUT2D eigenvalue weighted by atomic mass is 32.2. The lowest BCUT2D eigenvalue weighted by molar-refractivity contribution is 0.0968. The fraction of sp³-hybridized carbons (Fsp3) is 0.379. The van der Waals surface area contributed by atoms with Crippen LogP contribution in [0.15, 0.2) is 63.8 Å². The molecule has 37 heavy (non-hydrogen) atoms. The number of aryl methyl sites for hydroxylation is 2. The summed E-state index contributed by atoms with van der Waals surface area (Å²) in [5, 5.41) is 11.3. The van der Waals surface area contributed by atoms with E-state index in [0.717, 1.165) is 37.7 Å². The number of hydrogen-bond acceptors (Lipinski definition) is 6. The van der Waals surface area contributed by atoms with E-state index < -0.39 is 21.6 Å². The van der Waals surface area contributed by atoms with E-state index in [0.29, 0.717) is 30.5 Å². The van der Waals surface area contributed by atoms with Crippen LogP contribution < -0.4 is 10.3 Å². The van der Waals surface area contributed by atoms with Crippen molar-refractivity contribution in [3.63, 3.8) is 0 Å². The predicted octanol–water partition coefficient (Wildman–Crippen LogP) is 5.17. The summed E-state index contributed by atoms with van der Waals surface area (Å²) >= 11 is 0. The number of hydrogen-bond donors (Lipinski definition) is 2. The summed E-state index contributed by atoms with van der Waals surface area (Å²) in [6, 6.07) is 16.3. The normalized spacial score (nSPS) is 16.9. The largest absolute Gasteiger partial charge is 0.506 e. The van der Waals surface area contributed by atoms with Gasteiger partial charge in [0, 0.05) is 24.4 Å². The molecule has 7 nitrogen and oxygen atoms in total. The van der Waals surface area contributed by atoms with Gasteiger partial charge in [0.25, 0.3) is 0 Å². The maximum absolute atomic E-state index is 13.1. The summed E-state index contributed by atoms with van der Waals surface area (Å²) in [6.07, 6.45) is 5.27. The Morgan fingerprint density at radius 2 is 1.73 bits per heavy atom. The van der Waals surface area contributed by atoms with Gasteiger partial charge in [-0.05, 0) is 61.3 Å². The van der Waals surface area contributed by atoms with Gasteiger partial charge in [0.2, 0.25) is 10.0 Å². The molecule has 0 amide bonds. The molecule has 0 saturated heterocycles. The van der Waals surface area contributed by atoms with Gasteiger partial charge in [0.15, 0.2) is 5.78 Å². The van der Waals surface area contributed by atoms with Gasteiger partial charge in [0.1, 0.15) is 11.5 Å². The molecule has 0 spiro atoms. The summed E-state index contributed by atoms with van der Waals surface area (Å²) < 4.78 is 33.8. The molecule has 0 radical (unpaired) electrons. The number of carbonyl (C=O) groups excluding carboxylic acids is 1. The lowest BCUT2D eigenvalue weighted by Crippen LogP contribution is -2.21. The van der Waals surface area contributed by atoms with Crippen LogP contribution in [0.3, 0.4) is 0 Å². The maximum Gasteiger partial charge on any atom is 0.343 e. The average Bonchev–Trinajstić information content (AvgIpc) is 3.69. The molecule has 5 rings (SSSR count). The van der Waals surface area contributed by atoms with Crippen molar-refractivity contribution in [1.29, 1.82) is 0 Å². The van der Waals surface area contributed by atoms with Gasteiger partial charge in [-0.3, -0.25) is 9.52 Å². The van der Waals surface area contributed by atoms with Crippen molar-refractivity contribution in [1.82, 2.24) is 0 Å². The molecule has 2 N–H and O–H groups in total. The minimum Gasteiger partial charge on any atom is -0.506 e. The van der Waals surface area contributed by atoms with Crippen LogP contribution in [0.5, 0.6) is 5.75 Å². The number of nitrogens with one attached hydrogen (secondary N) is 1. The smallest absolute Gasteiger partial charge is 0.343 e. The van der Waals surface area contributed by atoms with E-state index in [4.69, 9.17) is 4.42 Å². The fourth-order valence-corrected chi connectivity index (χ4v) is 6.31. The number of benzene rings is 2. The van der Waals surface area contributed by atoms with Gasteiger partial charge in [-0.1, -0.05) is 48.9 Å². The molecule has 1 unspecified atom stereocenters. The van der Waals surface area contributed by atoms with Crippen LogP contribution in [-0.4, -0.2) is 25.1 Å². The second-order valence-corrected chi connectivity index (χ2v) is 11.9. The molecule has 1 heterocycles. The minimum atomic E-state index is -3.61. The number of anilines is 1. The molecule has 194 valence electrons. The first kappa shape index (κ1) is 25.3. The van der Waals surface area contributed by atoms with Crippen LogP contribution in [0.2, 0.25) is 0 Å². The summed E-state index contributed by atoms with van der Waals surface area (Å²) in [6.45, 7) is 0. The number of ketones is 1. The number of carbonyl (C=O) groups is 1. The molecular weight excluding hydrogens is 490 g/mol. The third-order valence-corrected chi connectivity index (χ3v) is 8.51. The fourth-order valence-electron chi connectivity index (χ4n) is 5.22. The summed E-state index contributed by atoms with van der Waals surface area (Å²) in [5.74, 6) is -0.667. The van der Waals surface area contributed by atoms with Gasteiger partial charge in [-0.25, -0.2) is 13.2 Å². The lowest BCUT2D eigenvalue weighted by atomic mass is 9.85. The van der Waals surface area contributed by atoms with Crippen molar-refractivity contribution in [2.45, 2.75) is 57.3 Å². The quantitative estimate of drug-likeness (QED) is 0.423. The number of sulfonamides is 1. The zero-order valence-corrected chi connectivity index (χ0v) is 21.4. The molecular formula is C29H31NO6S. The molecule has 1 saturated carbocycles. The molecule has 0 bridgehead atoms. The second-order valence-electron chi connectivity index (χ2n) is 10.0. The Balaban J connectivity index is 1.45. The van der Waals surface area contributed by atoms with E-state index in [1.54, 1.807) is 18.2 Å². The standard InChI is InChI=1S/C29H31NO6S/c31-23-12-5-2-6-13-24-26(23)28(32)27(29(33)36-24)25(20-14-15-20)21-10-7-11-22(18-21)30-37(34,35)17-16-19-8-3-1-4-9-19/h1,3-4,7-11,18,20,25,30,32H,2,5-6,12-17H2. The van der Waals surface area contributed by atoms with Crippen LogP contribution in [0.1, 0.15) is 77.3 Å². The van der Waals surface area contributed by atoms with Gasteiger partial charge >= 0.3 is 5.63 Å². The molecule has 2 aromatic carbocycles. The zero-order chi connectivity index (χ0) is 26.0. The van der Waals surface area contributed by atoms with Crippen LogP contribution in [0.4, 0.5) is 5.69 Å². The Morgan fingerprint density at radius 1 is 0.973 bits per heavy atom. The molecule has 0 aliphatic heterocycles.